The van der Waals surface area contributed by atoms with Gasteiger partial charge >= 0.3 is 34.2 Å². The molecule has 9 atom stereocenters. The van der Waals surface area contributed by atoms with E-state index in [-0.39, 0.29) is 27.4 Å². The van der Waals surface area contributed by atoms with Crippen molar-refractivity contribution in [3.63, 3.8) is 0 Å². The Hall–Kier alpha value is 0.421. The molecule has 3 heterocycles. The summed E-state index contributed by atoms with van der Waals surface area (Å²) in [7, 11) is -4.42. The molecule has 0 N–H and O–H groups in total. The lowest BCUT2D eigenvalue weighted by Crippen LogP contribution is -2.74. The molecule has 0 bridgehead atoms. The Balaban J connectivity index is 0. The van der Waals surface area contributed by atoms with Crippen molar-refractivity contribution in [3.8, 4) is 0 Å². The normalized spacial score (nSPS) is 33.9. The maximum atomic E-state index is 6.87. The summed E-state index contributed by atoms with van der Waals surface area (Å²) in [4.78, 5) is 0. The van der Waals surface area contributed by atoms with E-state index in [0.29, 0.717) is 17.6 Å². The van der Waals surface area contributed by atoms with Gasteiger partial charge in [0, 0.05) is 32.4 Å². The Morgan fingerprint density at radius 1 is 0.569 bits per heavy atom. The Morgan fingerprint density at radius 2 is 0.969 bits per heavy atom. The van der Waals surface area contributed by atoms with Crippen LogP contribution in [-0.2, 0) is 44.5 Å². The van der Waals surface area contributed by atoms with Gasteiger partial charge in [0.1, 0.15) is 18.7 Å². The highest BCUT2D eigenvalue weighted by molar-refractivity contribution is 7.45. The Kier molecular flexibility index (Phi) is 29.6. The highest BCUT2D eigenvalue weighted by Gasteiger charge is 2.75. The van der Waals surface area contributed by atoms with Crippen LogP contribution in [0.1, 0.15) is 235 Å². The third-order valence-electron chi connectivity index (χ3n) is 17.3. The van der Waals surface area contributed by atoms with Crippen LogP contribution in [0.2, 0.25) is 24.2 Å². The van der Waals surface area contributed by atoms with Gasteiger partial charge in [-0.3, -0.25) is 0 Å². The van der Waals surface area contributed by atoms with Crippen molar-refractivity contribution in [1.82, 2.24) is 0 Å². The van der Waals surface area contributed by atoms with Crippen LogP contribution in [0.4, 0.5) is 0 Å². The molecule has 0 aromatic heterocycles. The molecule has 10 nitrogen and oxygen atoms in total. The van der Waals surface area contributed by atoms with Crippen molar-refractivity contribution in [3.05, 3.63) is 0 Å². The van der Waals surface area contributed by atoms with Crippen LogP contribution in [0.3, 0.4) is 0 Å². The fourth-order valence-corrected chi connectivity index (χ4v) is 24.0. The monoisotopic (exact) mass is 1000 g/mol. The zero-order valence-corrected chi connectivity index (χ0v) is 51.9. The minimum Gasteiger partial charge on any atom is -0.393 e. The van der Waals surface area contributed by atoms with E-state index in [1.807, 2.05) is 13.1 Å². The molecule has 3 rings (SSSR count). The summed E-state index contributed by atoms with van der Waals surface area (Å²) >= 11 is 0. The molecule has 65 heavy (non-hydrogen) atoms. The molecule has 14 heteroatoms. The molecule has 0 spiro atoms. The van der Waals surface area contributed by atoms with E-state index in [1.165, 1.54) is 44.9 Å². The summed E-state index contributed by atoms with van der Waals surface area (Å²) in [6.07, 6.45) is 19.7. The van der Waals surface area contributed by atoms with E-state index < -0.39 is 39.8 Å². The molecule has 0 saturated carbocycles. The summed E-state index contributed by atoms with van der Waals surface area (Å²) < 4.78 is 60.2. The van der Waals surface area contributed by atoms with Gasteiger partial charge in [-0.05, 0) is 103 Å². The SMILES string of the molecule is C=[P+](OC)OC(C)(CC)CC.CCC(C)(CC)CC.CCC1(C)CC2(C)C(C)(CC)O[Si](C)(OC)O[Si]2(CC)O[Si](C)(OC)O1.CCC1(C)OCOC1(C)CC.CCCC(C)(CC)CC. The fourth-order valence-electron chi connectivity index (χ4n) is 8.89. The van der Waals surface area contributed by atoms with Crippen molar-refractivity contribution in [1.29, 1.82) is 0 Å². The Morgan fingerprint density at radius 3 is 1.23 bits per heavy atom. The second kappa shape index (κ2) is 28.5. The van der Waals surface area contributed by atoms with Crippen LogP contribution < -0.4 is 0 Å². The second-order valence-electron chi connectivity index (χ2n) is 21.0. The molecule has 3 aliphatic rings. The minimum absolute atomic E-state index is 0.0521. The molecule has 0 aromatic rings. The topological polar surface area (TPSA) is 92.3 Å². The zero-order chi connectivity index (χ0) is 51.5. The molecule has 9 unspecified atom stereocenters. The molecule has 3 saturated heterocycles. The van der Waals surface area contributed by atoms with Crippen LogP contribution in [0.25, 0.3) is 0 Å². The molecule has 392 valence electrons. The first-order chi connectivity index (χ1) is 29.9. The molecular weight excluding hydrogens is 888 g/mol. The maximum absolute atomic E-state index is 6.87. The van der Waals surface area contributed by atoms with Crippen molar-refractivity contribution >= 4 is 40.5 Å². The predicted molar refractivity (Wildman–Crippen MR) is 286 cm³/mol. The van der Waals surface area contributed by atoms with Gasteiger partial charge in [0.05, 0.1) is 29.5 Å². The minimum atomic E-state index is -2.87. The van der Waals surface area contributed by atoms with Crippen LogP contribution in [0.15, 0.2) is 0 Å². The lowest BCUT2D eigenvalue weighted by Gasteiger charge is -2.61. The molecule has 3 fully saturated rings. The average molecular weight is 1000 g/mol. The van der Waals surface area contributed by atoms with Crippen molar-refractivity contribution in [2.45, 2.75) is 287 Å². The smallest absolute Gasteiger partial charge is 0.393 e. The maximum Gasteiger partial charge on any atom is 0.488 e. The Labute approximate surface area is 409 Å². The highest BCUT2D eigenvalue weighted by Crippen LogP contribution is 2.64. The van der Waals surface area contributed by atoms with Crippen LogP contribution in [-0.4, -0.2) is 88.6 Å². The molecule has 3 aliphatic heterocycles. The molecular formula is C51H112O10PSi3+. The second-order valence-corrected chi connectivity index (χ2v) is 31.9. The molecule has 0 aliphatic carbocycles. The molecule has 0 aromatic carbocycles. The lowest BCUT2D eigenvalue weighted by atomic mass is 9.78. The largest absolute Gasteiger partial charge is 0.488 e. The summed E-state index contributed by atoms with van der Waals surface area (Å²) in [5, 5.41) is -0.289. The van der Waals surface area contributed by atoms with Gasteiger partial charge in [-0.15, -0.1) is 4.52 Å². The third-order valence-corrected chi connectivity index (χ3v) is 30.4. The summed E-state index contributed by atoms with van der Waals surface area (Å²) in [6, 6.07) is 0.809. The van der Waals surface area contributed by atoms with Crippen LogP contribution >= 0.6 is 8.00 Å². The van der Waals surface area contributed by atoms with E-state index in [9.17, 15) is 0 Å². The van der Waals surface area contributed by atoms with Crippen LogP contribution in [0.5, 0.6) is 0 Å². The van der Waals surface area contributed by atoms with Gasteiger partial charge in [0.2, 0.25) is 0 Å². The first kappa shape index (κ1) is 67.5. The standard InChI is InChI=1S/C17H38O6Si3.C9H18O2.C9H20.C8H18O2P.C8H18/c1-11-15(4)14-17(6)16(5,12-2)21-25(10,19-8)23-26(17,13-3)22-24(9,18-7)20-15;1-5-8(3)9(4,6-2)11-7-10-8;1-5-8-9(4,6-2)7-3;1-6-8(3,7-2)10-11(5)9-4;1-5-8(4,6-2)7-3/h11-14H2,1-10H3;5-7H2,1-4H3;5-8H2,1-4H3;5-7H2,1-4H3;5-7H2,1-4H3/q;;;+1;. The van der Waals surface area contributed by atoms with Gasteiger partial charge < -0.3 is 35.4 Å². The first-order valence-corrected chi connectivity index (χ1v) is 33.7. The van der Waals surface area contributed by atoms with E-state index in [1.54, 1.807) is 21.3 Å². The van der Waals surface area contributed by atoms with Gasteiger partial charge in [-0.2, -0.15) is 4.52 Å². The number of rotatable bonds is 19. The van der Waals surface area contributed by atoms with Gasteiger partial charge in [0.15, 0.2) is 0 Å². The van der Waals surface area contributed by atoms with E-state index >= 15 is 0 Å². The number of hydrogen-bond donors (Lipinski definition) is 0. The average Bonchev–Trinajstić information content (AvgIpc) is 3.57. The highest BCUT2D eigenvalue weighted by atomic mass is 31.1. The lowest BCUT2D eigenvalue weighted by molar-refractivity contribution is -0.0782. The van der Waals surface area contributed by atoms with Gasteiger partial charge in [-0.1, -0.05) is 149 Å². The number of ether oxygens (including phenoxy) is 2. The molecule has 0 amide bonds. The first-order valence-electron chi connectivity index (χ1n) is 25.9. The molecule has 0 radical (unpaired) electrons. The number of fused-ring (bicyclic) bond motifs is 1. The quantitative estimate of drug-likeness (QED) is 0.0920. The Bertz CT molecular complexity index is 1310. The predicted octanol–water partition coefficient (Wildman–Crippen LogP) is 16.6. The van der Waals surface area contributed by atoms with Crippen LogP contribution in [0, 0.1) is 10.8 Å². The van der Waals surface area contributed by atoms with Gasteiger partial charge in [0.25, 0.3) is 0 Å². The van der Waals surface area contributed by atoms with Crippen molar-refractivity contribution in [2.24, 2.45) is 10.8 Å². The summed E-state index contributed by atoms with van der Waals surface area (Å²) in [5.41, 5.74) is 0.292. The third kappa shape index (κ3) is 17.9. The zero-order valence-electron chi connectivity index (χ0n) is 48.1. The number of hydrogen-bond acceptors (Lipinski definition) is 10. The van der Waals surface area contributed by atoms with Gasteiger partial charge in [-0.25, -0.2) is 0 Å². The van der Waals surface area contributed by atoms with Crippen molar-refractivity contribution < 1.29 is 44.5 Å². The van der Waals surface area contributed by atoms with E-state index in [2.05, 4.69) is 152 Å². The van der Waals surface area contributed by atoms with E-state index in [0.717, 1.165) is 51.0 Å². The summed E-state index contributed by atoms with van der Waals surface area (Å²) in [5.74, 6) is 0. The fraction of sp³-hybridized carbons (Fsp3) is 0.980. The summed E-state index contributed by atoms with van der Waals surface area (Å²) in [6.45, 7) is 50.8. The van der Waals surface area contributed by atoms with Crippen molar-refractivity contribution in [2.75, 3.05) is 28.1 Å². The van der Waals surface area contributed by atoms with E-state index in [4.69, 9.17) is 44.5 Å².